The smallest absolute Gasteiger partial charge is 0.163 e. The minimum atomic E-state index is -0.123. The molecule has 0 spiro atoms. The van der Waals surface area contributed by atoms with Crippen molar-refractivity contribution in [3.63, 3.8) is 0 Å². The molecule has 20 heavy (non-hydrogen) atoms. The van der Waals surface area contributed by atoms with Gasteiger partial charge >= 0.3 is 0 Å². The van der Waals surface area contributed by atoms with Gasteiger partial charge in [-0.2, -0.15) is 0 Å². The van der Waals surface area contributed by atoms with E-state index in [9.17, 15) is 5.11 Å². The van der Waals surface area contributed by atoms with Crippen molar-refractivity contribution in [1.29, 1.82) is 0 Å². The molecule has 0 saturated heterocycles. The van der Waals surface area contributed by atoms with E-state index in [4.69, 9.17) is 4.74 Å². The monoisotopic (exact) mass is 273 g/mol. The Hall–Kier alpha value is -1.72. The first kappa shape index (κ1) is 13.3. The highest BCUT2D eigenvalue weighted by molar-refractivity contribution is 5.34. The van der Waals surface area contributed by atoms with Gasteiger partial charge < -0.3 is 9.84 Å². The predicted octanol–water partition coefficient (Wildman–Crippen LogP) is 1.87. The van der Waals surface area contributed by atoms with Gasteiger partial charge in [-0.15, -0.1) is 10.2 Å². The van der Waals surface area contributed by atoms with Crippen LogP contribution in [-0.4, -0.2) is 32.6 Å². The summed E-state index contributed by atoms with van der Waals surface area (Å²) in [6.45, 7) is -0.123. The second-order valence-corrected chi connectivity index (χ2v) is 5.28. The molecular formula is C15H19N3O2. The largest absolute Gasteiger partial charge is 0.388 e. The lowest BCUT2D eigenvalue weighted by molar-refractivity contribution is -0.0724. The SMILES string of the molecule is COC1(Cc2nnc(CO)n2-c2ccccc2)CCC1. The second-order valence-electron chi connectivity index (χ2n) is 5.28. The lowest BCUT2D eigenvalue weighted by atomic mass is 9.77. The number of methoxy groups -OCH3 is 1. The third-order valence-corrected chi connectivity index (χ3v) is 4.13. The number of benzene rings is 1. The number of aliphatic hydroxyl groups excluding tert-OH is 1. The fourth-order valence-electron chi connectivity index (χ4n) is 2.76. The Bertz CT molecular complexity index is 571. The van der Waals surface area contributed by atoms with E-state index in [0.717, 1.165) is 30.8 Å². The van der Waals surface area contributed by atoms with E-state index in [1.165, 1.54) is 6.42 Å². The number of aliphatic hydroxyl groups is 1. The lowest BCUT2D eigenvalue weighted by Crippen LogP contribution is -2.42. The fraction of sp³-hybridized carbons (Fsp3) is 0.467. The topological polar surface area (TPSA) is 60.2 Å². The molecule has 0 bridgehead atoms. The molecule has 0 atom stereocenters. The number of para-hydroxylation sites is 1. The summed E-state index contributed by atoms with van der Waals surface area (Å²) in [5.74, 6) is 1.42. The fourth-order valence-corrected chi connectivity index (χ4v) is 2.76. The minimum absolute atomic E-state index is 0.105. The number of hydrogen-bond acceptors (Lipinski definition) is 4. The van der Waals surface area contributed by atoms with Crippen LogP contribution in [0.2, 0.25) is 0 Å². The van der Waals surface area contributed by atoms with Crippen LogP contribution in [0.3, 0.4) is 0 Å². The van der Waals surface area contributed by atoms with E-state index in [0.29, 0.717) is 5.82 Å². The van der Waals surface area contributed by atoms with Crippen molar-refractivity contribution < 1.29 is 9.84 Å². The van der Waals surface area contributed by atoms with Crippen LogP contribution >= 0.6 is 0 Å². The summed E-state index contributed by atoms with van der Waals surface area (Å²) >= 11 is 0. The van der Waals surface area contributed by atoms with Gasteiger partial charge in [0.2, 0.25) is 0 Å². The van der Waals surface area contributed by atoms with E-state index in [1.54, 1.807) is 7.11 Å². The molecule has 1 fully saturated rings. The summed E-state index contributed by atoms with van der Waals surface area (Å²) in [6, 6.07) is 9.89. The Kier molecular flexibility index (Phi) is 3.54. The maximum atomic E-state index is 9.47. The highest BCUT2D eigenvalue weighted by atomic mass is 16.5. The Morgan fingerprint density at radius 3 is 2.45 bits per heavy atom. The van der Waals surface area contributed by atoms with E-state index in [1.807, 2.05) is 34.9 Å². The van der Waals surface area contributed by atoms with Crippen molar-refractivity contribution in [2.24, 2.45) is 0 Å². The highest BCUT2D eigenvalue weighted by Crippen LogP contribution is 2.38. The third-order valence-electron chi connectivity index (χ3n) is 4.13. The van der Waals surface area contributed by atoms with Crippen LogP contribution < -0.4 is 0 Å². The van der Waals surface area contributed by atoms with Crippen LogP contribution in [0.25, 0.3) is 5.69 Å². The van der Waals surface area contributed by atoms with E-state index < -0.39 is 0 Å². The Labute approximate surface area is 118 Å². The first-order chi connectivity index (χ1) is 9.78. The molecule has 5 nitrogen and oxygen atoms in total. The summed E-state index contributed by atoms with van der Waals surface area (Å²) in [6.07, 6.45) is 4.03. The Morgan fingerprint density at radius 1 is 1.20 bits per heavy atom. The quantitative estimate of drug-likeness (QED) is 0.903. The maximum absolute atomic E-state index is 9.47. The molecule has 0 aliphatic heterocycles. The van der Waals surface area contributed by atoms with Crippen molar-refractivity contribution in [3.05, 3.63) is 42.0 Å². The van der Waals surface area contributed by atoms with Gasteiger partial charge in [-0.05, 0) is 31.4 Å². The first-order valence-electron chi connectivity index (χ1n) is 6.93. The summed E-state index contributed by atoms with van der Waals surface area (Å²) < 4.78 is 7.60. The predicted molar refractivity (Wildman–Crippen MR) is 74.6 cm³/mol. The lowest BCUT2D eigenvalue weighted by Gasteiger charge is -2.40. The average Bonchev–Trinajstić information content (AvgIpc) is 2.86. The van der Waals surface area contributed by atoms with Gasteiger partial charge in [0, 0.05) is 19.2 Å². The summed E-state index contributed by atoms with van der Waals surface area (Å²) in [7, 11) is 1.76. The molecule has 1 aromatic heterocycles. The van der Waals surface area contributed by atoms with Crippen molar-refractivity contribution in [3.8, 4) is 5.69 Å². The van der Waals surface area contributed by atoms with Gasteiger partial charge in [0.05, 0.1) is 5.60 Å². The van der Waals surface area contributed by atoms with Gasteiger partial charge in [-0.3, -0.25) is 4.57 Å². The van der Waals surface area contributed by atoms with E-state index in [-0.39, 0.29) is 12.2 Å². The molecule has 1 saturated carbocycles. The third kappa shape index (κ3) is 2.23. The van der Waals surface area contributed by atoms with Crippen LogP contribution in [0.5, 0.6) is 0 Å². The highest BCUT2D eigenvalue weighted by Gasteiger charge is 2.38. The maximum Gasteiger partial charge on any atom is 0.163 e. The minimum Gasteiger partial charge on any atom is -0.388 e. The van der Waals surface area contributed by atoms with Gasteiger partial charge in [-0.1, -0.05) is 18.2 Å². The average molecular weight is 273 g/mol. The molecule has 1 N–H and O–H groups in total. The van der Waals surface area contributed by atoms with Crippen molar-refractivity contribution in [2.45, 2.75) is 37.9 Å². The molecular weight excluding hydrogens is 254 g/mol. The number of nitrogens with zero attached hydrogens (tertiary/aromatic N) is 3. The Morgan fingerprint density at radius 2 is 1.90 bits per heavy atom. The van der Waals surface area contributed by atoms with Crippen LogP contribution in [0.1, 0.15) is 30.9 Å². The molecule has 0 radical (unpaired) electrons. The molecule has 1 aromatic carbocycles. The van der Waals surface area contributed by atoms with Crippen LogP contribution in [0.4, 0.5) is 0 Å². The summed E-state index contributed by atoms with van der Waals surface area (Å²) in [5, 5.41) is 17.8. The van der Waals surface area contributed by atoms with Crippen molar-refractivity contribution in [2.75, 3.05) is 7.11 Å². The molecule has 0 unspecified atom stereocenters. The second kappa shape index (κ2) is 5.34. The molecule has 1 heterocycles. The first-order valence-corrected chi connectivity index (χ1v) is 6.93. The zero-order chi connectivity index (χ0) is 14.0. The van der Waals surface area contributed by atoms with Crippen LogP contribution in [0, 0.1) is 0 Å². The molecule has 106 valence electrons. The normalized spacial score (nSPS) is 16.9. The van der Waals surface area contributed by atoms with Gasteiger partial charge in [0.1, 0.15) is 12.4 Å². The van der Waals surface area contributed by atoms with Crippen LogP contribution in [-0.2, 0) is 17.8 Å². The van der Waals surface area contributed by atoms with E-state index >= 15 is 0 Å². The number of hydrogen-bond donors (Lipinski definition) is 1. The molecule has 5 heteroatoms. The van der Waals surface area contributed by atoms with Gasteiger partial charge in [0.15, 0.2) is 5.82 Å². The summed E-state index contributed by atoms with van der Waals surface area (Å²) in [5.41, 5.74) is 0.869. The number of rotatable bonds is 5. The van der Waals surface area contributed by atoms with Crippen molar-refractivity contribution >= 4 is 0 Å². The molecule has 0 amide bonds. The zero-order valence-electron chi connectivity index (χ0n) is 11.6. The molecule has 2 aromatic rings. The van der Waals surface area contributed by atoms with Gasteiger partial charge in [0.25, 0.3) is 0 Å². The molecule has 1 aliphatic rings. The molecule has 1 aliphatic carbocycles. The Balaban J connectivity index is 1.98. The number of ether oxygens (including phenoxy) is 1. The van der Waals surface area contributed by atoms with Crippen LogP contribution in [0.15, 0.2) is 30.3 Å². The summed E-state index contributed by atoms with van der Waals surface area (Å²) in [4.78, 5) is 0. The zero-order valence-corrected chi connectivity index (χ0v) is 11.6. The number of aromatic nitrogens is 3. The standard InChI is InChI=1S/C15H19N3O2/c1-20-15(8-5-9-15)10-13-16-17-14(11-19)18(13)12-6-3-2-4-7-12/h2-4,6-7,19H,5,8-11H2,1H3. The van der Waals surface area contributed by atoms with Crippen molar-refractivity contribution in [1.82, 2.24) is 14.8 Å². The van der Waals surface area contributed by atoms with E-state index in [2.05, 4.69) is 10.2 Å². The van der Waals surface area contributed by atoms with Gasteiger partial charge in [-0.25, -0.2) is 0 Å². The molecule has 3 rings (SSSR count).